The first-order valence-corrected chi connectivity index (χ1v) is 11.7. The van der Waals surface area contributed by atoms with Gasteiger partial charge in [0.1, 0.15) is 0 Å². The maximum Gasteiger partial charge on any atom is 0.251 e. The molecule has 1 aromatic carbocycles. The number of likely N-dealkylation sites (N-methyl/N-ethyl adjacent to an activating group) is 1. The number of aryl methyl sites for hydroxylation is 1. The number of hydrogen-bond acceptors (Lipinski definition) is 4. The number of sulfonamides is 1. The fourth-order valence-corrected chi connectivity index (χ4v) is 4.82. The average molecular weight is 396 g/mol. The molecule has 1 aliphatic heterocycles. The molecular weight excluding hydrogens is 362 g/mol. The van der Waals surface area contributed by atoms with Crippen molar-refractivity contribution in [3.05, 3.63) is 29.3 Å². The van der Waals surface area contributed by atoms with Crippen LogP contribution in [0.4, 0.5) is 5.69 Å². The maximum absolute atomic E-state index is 12.7. The Balaban J connectivity index is 2.14. The third-order valence-corrected chi connectivity index (χ3v) is 6.52. The zero-order valence-electron chi connectivity index (χ0n) is 17.2. The highest BCUT2D eigenvalue weighted by atomic mass is 32.2. The van der Waals surface area contributed by atoms with Gasteiger partial charge >= 0.3 is 0 Å². The quantitative estimate of drug-likeness (QED) is 0.734. The van der Waals surface area contributed by atoms with Crippen molar-refractivity contribution in [3.8, 4) is 0 Å². The summed E-state index contributed by atoms with van der Waals surface area (Å²) in [7, 11) is -3.29. The van der Waals surface area contributed by atoms with Crippen LogP contribution in [-0.4, -0.2) is 57.7 Å². The first-order valence-electron chi connectivity index (χ1n) is 9.81. The summed E-state index contributed by atoms with van der Waals surface area (Å²) in [5.74, 6) is 0.337. The summed E-state index contributed by atoms with van der Waals surface area (Å²) >= 11 is 0. The Morgan fingerprint density at radius 2 is 1.93 bits per heavy atom. The van der Waals surface area contributed by atoms with Crippen molar-refractivity contribution in [2.24, 2.45) is 5.92 Å². The molecule has 0 spiro atoms. The van der Waals surface area contributed by atoms with Crippen LogP contribution < -0.4 is 9.62 Å². The minimum absolute atomic E-state index is 0.105. The van der Waals surface area contributed by atoms with Crippen LogP contribution in [0, 0.1) is 5.92 Å². The molecular formula is C20H33N3O3S. The Kier molecular flexibility index (Phi) is 7.28. The summed E-state index contributed by atoms with van der Waals surface area (Å²) in [5.41, 5.74) is 2.21. The van der Waals surface area contributed by atoms with E-state index in [4.69, 9.17) is 0 Å². The number of amides is 1. The fraction of sp³-hybridized carbons (Fsp3) is 0.650. The van der Waals surface area contributed by atoms with Gasteiger partial charge in [-0.05, 0) is 55.6 Å². The first kappa shape index (κ1) is 21.7. The van der Waals surface area contributed by atoms with Crippen LogP contribution in [0.15, 0.2) is 18.2 Å². The molecule has 1 heterocycles. The SMILES string of the molecule is CCN(CC)[C@@H](CNC(=O)c1ccc2c(c1)CCCN2S(C)(=O)=O)C(C)C. The average Bonchev–Trinajstić information content (AvgIpc) is 2.62. The lowest BCUT2D eigenvalue weighted by atomic mass is 10.00. The maximum atomic E-state index is 12.7. The number of nitrogens with one attached hydrogen (secondary N) is 1. The summed E-state index contributed by atoms with van der Waals surface area (Å²) in [5, 5.41) is 3.07. The van der Waals surface area contributed by atoms with Crippen molar-refractivity contribution in [3.63, 3.8) is 0 Å². The highest BCUT2D eigenvalue weighted by molar-refractivity contribution is 7.92. The van der Waals surface area contributed by atoms with Crippen LogP contribution in [0.2, 0.25) is 0 Å². The van der Waals surface area contributed by atoms with E-state index in [1.54, 1.807) is 12.1 Å². The van der Waals surface area contributed by atoms with E-state index < -0.39 is 10.0 Å². The van der Waals surface area contributed by atoms with E-state index in [0.29, 0.717) is 36.3 Å². The molecule has 6 nitrogen and oxygen atoms in total. The largest absolute Gasteiger partial charge is 0.350 e. The lowest BCUT2D eigenvalue weighted by molar-refractivity contribution is 0.0921. The Hall–Kier alpha value is -1.60. The van der Waals surface area contributed by atoms with Gasteiger partial charge in [0.15, 0.2) is 0 Å². The van der Waals surface area contributed by atoms with E-state index in [1.165, 1.54) is 10.6 Å². The molecule has 0 radical (unpaired) electrons. The summed E-state index contributed by atoms with van der Waals surface area (Å²) in [6, 6.07) is 5.61. The molecule has 1 N–H and O–H groups in total. The van der Waals surface area contributed by atoms with Crippen LogP contribution in [-0.2, 0) is 16.4 Å². The Morgan fingerprint density at radius 3 is 2.48 bits per heavy atom. The number of carbonyl (C=O) groups is 1. The van der Waals surface area contributed by atoms with Crippen LogP contribution >= 0.6 is 0 Å². The van der Waals surface area contributed by atoms with E-state index in [-0.39, 0.29) is 5.91 Å². The molecule has 2 rings (SSSR count). The van der Waals surface area contributed by atoms with Crippen LogP contribution in [0.25, 0.3) is 0 Å². The van der Waals surface area contributed by atoms with Gasteiger partial charge in [-0.3, -0.25) is 14.0 Å². The van der Waals surface area contributed by atoms with Gasteiger partial charge in [0.05, 0.1) is 11.9 Å². The van der Waals surface area contributed by atoms with Gasteiger partial charge < -0.3 is 5.32 Å². The van der Waals surface area contributed by atoms with Gasteiger partial charge in [-0.25, -0.2) is 8.42 Å². The molecule has 152 valence electrons. The standard InChI is InChI=1S/C20H33N3O3S/c1-6-22(7-2)19(15(3)4)14-21-20(24)17-10-11-18-16(13-17)9-8-12-23(18)27(5,25)26/h10-11,13,15,19H,6-9,12,14H2,1-5H3,(H,21,24)/t19-/m0/s1. The Bertz CT molecular complexity index is 758. The molecule has 0 saturated carbocycles. The lowest BCUT2D eigenvalue weighted by Crippen LogP contribution is -2.46. The Labute approximate surface area is 164 Å². The second-order valence-corrected chi connectivity index (χ2v) is 9.43. The van der Waals surface area contributed by atoms with Gasteiger partial charge in [0.2, 0.25) is 10.0 Å². The minimum atomic E-state index is -3.29. The fourth-order valence-electron chi connectivity index (χ4n) is 3.83. The number of fused-ring (bicyclic) bond motifs is 1. The molecule has 0 saturated heterocycles. The topological polar surface area (TPSA) is 69.7 Å². The lowest BCUT2D eigenvalue weighted by Gasteiger charge is -2.33. The summed E-state index contributed by atoms with van der Waals surface area (Å²) in [4.78, 5) is 15.0. The van der Waals surface area contributed by atoms with Gasteiger partial charge in [0.25, 0.3) is 5.91 Å². The highest BCUT2D eigenvalue weighted by Gasteiger charge is 2.25. The summed E-state index contributed by atoms with van der Waals surface area (Å²) in [6.07, 6.45) is 2.78. The molecule has 0 aromatic heterocycles. The van der Waals surface area contributed by atoms with E-state index in [9.17, 15) is 13.2 Å². The number of carbonyl (C=O) groups excluding carboxylic acids is 1. The predicted molar refractivity (Wildman–Crippen MR) is 111 cm³/mol. The normalized spacial score (nSPS) is 15.7. The number of nitrogens with zero attached hydrogens (tertiary/aromatic N) is 2. The van der Waals surface area contributed by atoms with Crippen LogP contribution in [0.5, 0.6) is 0 Å². The van der Waals surface area contributed by atoms with Crippen molar-refractivity contribution < 1.29 is 13.2 Å². The van der Waals surface area contributed by atoms with Crippen molar-refractivity contribution in [1.29, 1.82) is 0 Å². The van der Waals surface area contributed by atoms with E-state index in [0.717, 1.165) is 31.5 Å². The van der Waals surface area contributed by atoms with Crippen LogP contribution in [0.1, 0.15) is 50.0 Å². The molecule has 0 aliphatic carbocycles. The molecule has 1 aliphatic rings. The highest BCUT2D eigenvalue weighted by Crippen LogP contribution is 2.29. The van der Waals surface area contributed by atoms with E-state index in [1.807, 2.05) is 6.07 Å². The van der Waals surface area contributed by atoms with Crippen molar-refractivity contribution in [2.45, 2.75) is 46.6 Å². The molecule has 7 heteroatoms. The van der Waals surface area contributed by atoms with Gasteiger partial charge in [-0.15, -0.1) is 0 Å². The number of anilines is 1. The zero-order valence-corrected chi connectivity index (χ0v) is 18.0. The van der Waals surface area contributed by atoms with Crippen LogP contribution in [0.3, 0.4) is 0 Å². The van der Waals surface area contributed by atoms with E-state index in [2.05, 4.69) is 37.9 Å². The van der Waals surface area contributed by atoms with E-state index >= 15 is 0 Å². The van der Waals surface area contributed by atoms with Gasteiger partial charge in [-0.2, -0.15) is 0 Å². The summed E-state index contributed by atoms with van der Waals surface area (Å²) in [6.45, 7) is 11.6. The molecule has 1 aromatic rings. The molecule has 0 fully saturated rings. The third kappa shape index (κ3) is 5.23. The van der Waals surface area contributed by atoms with Gasteiger partial charge in [-0.1, -0.05) is 27.7 Å². The molecule has 27 heavy (non-hydrogen) atoms. The third-order valence-electron chi connectivity index (χ3n) is 5.34. The number of hydrogen-bond donors (Lipinski definition) is 1. The number of benzene rings is 1. The second kappa shape index (κ2) is 9.06. The van der Waals surface area contributed by atoms with Crippen molar-refractivity contribution in [2.75, 3.05) is 36.7 Å². The molecule has 1 atom stereocenters. The monoisotopic (exact) mass is 395 g/mol. The minimum Gasteiger partial charge on any atom is -0.350 e. The zero-order chi connectivity index (χ0) is 20.2. The Morgan fingerprint density at radius 1 is 1.26 bits per heavy atom. The van der Waals surface area contributed by atoms with Crippen molar-refractivity contribution in [1.82, 2.24) is 10.2 Å². The summed E-state index contributed by atoms with van der Waals surface area (Å²) < 4.78 is 25.4. The molecule has 0 unspecified atom stereocenters. The van der Waals surface area contributed by atoms with Gasteiger partial charge in [0, 0.05) is 24.7 Å². The van der Waals surface area contributed by atoms with Crippen molar-refractivity contribution >= 4 is 21.6 Å². The molecule has 1 amide bonds. The second-order valence-electron chi connectivity index (χ2n) is 7.52. The number of rotatable bonds is 8. The first-order chi connectivity index (χ1) is 12.7. The smallest absolute Gasteiger partial charge is 0.251 e. The molecule has 0 bridgehead atoms. The predicted octanol–water partition coefficient (Wildman–Crippen LogP) is 2.50.